The van der Waals surface area contributed by atoms with E-state index in [1.165, 1.54) is 38.9 Å². The van der Waals surface area contributed by atoms with Gasteiger partial charge in [-0.3, -0.25) is 0 Å². The summed E-state index contributed by atoms with van der Waals surface area (Å²) >= 11 is 0. The molecule has 0 spiro atoms. The van der Waals surface area contributed by atoms with Crippen molar-refractivity contribution in [2.24, 2.45) is 0 Å². The van der Waals surface area contributed by atoms with Crippen LogP contribution in [0.15, 0.2) is 48.5 Å². The Hall–Kier alpha value is -2.29. The Morgan fingerprint density at radius 2 is 0.789 bits per heavy atom. The molecule has 3 aromatic carbocycles. The predicted octanol–water partition coefficient (Wildman–Crippen LogP) is 9.43. The fourth-order valence-corrected chi connectivity index (χ4v) is 7.18. The van der Waals surface area contributed by atoms with Gasteiger partial charge in [0.2, 0.25) is 25.0 Å². The first-order valence-electron chi connectivity index (χ1n) is 13.8. The molecule has 6 heteroatoms. The molecule has 0 atom stereocenters. The molecule has 0 aliphatic heterocycles. The lowest BCUT2D eigenvalue weighted by Gasteiger charge is -2.27. The van der Waals surface area contributed by atoms with Crippen molar-refractivity contribution >= 4 is 25.0 Å². The third-order valence-electron chi connectivity index (χ3n) is 5.82. The zero-order valence-electron chi connectivity index (χ0n) is 25.8. The maximum Gasteiger partial charge on any atom is 0.242 e. The standard InChI is InChI=1S/C32H48O3Si3/c1-23-13-15-30(33-36(4,5)6)26(17-23)21-28-19-25(3)20-29(32(28)35-38(10,11)12)22-27-18-24(2)14-16-31(27)34-37(7,8)9/h13-20H,21-22H2,1-12H3. The van der Waals surface area contributed by atoms with Gasteiger partial charge in [-0.15, -0.1) is 0 Å². The van der Waals surface area contributed by atoms with Gasteiger partial charge >= 0.3 is 0 Å². The van der Waals surface area contributed by atoms with Crippen molar-refractivity contribution in [3.63, 3.8) is 0 Å². The normalized spacial score (nSPS) is 12.4. The third kappa shape index (κ3) is 9.17. The maximum atomic E-state index is 6.88. The summed E-state index contributed by atoms with van der Waals surface area (Å²) in [5.74, 6) is 3.04. The minimum absolute atomic E-state index is 0.780. The van der Waals surface area contributed by atoms with Gasteiger partial charge in [0.05, 0.1) is 0 Å². The van der Waals surface area contributed by atoms with Gasteiger partial charge in [-0.1, -0.05) is 53.1 Å². The Morgan fingerprint density at radius 1 is 0.447 bits per heavy atom. The van der Waals surface area contributed by atoms with E-state index in [1.807, 2.05) is 0 Å². The van der Waals surface area contributed by atoms with Crippen molar-refractivity contribution in [1.82, 2.24) is 0 Å². The molecule has 0 aliphatic carbocycles. The molecular weight excluding hydrogens is 517 g/mol. The molecule has 0 bridgehead atoms. The Bertz CT molecular complexity index is 1190. The largest absolute Gasteiger partial charge is 0.544 e. The molecule has 0 saturated heterocycles. The van der Waals surface area contributed by atoms with Crippen molar-refractivity contribution in [2.45, 2.75) is 92.5 Å². The topological polar surface area (TPSA) is 27.7 Å². The van der Waals surface area contributed by atoms with Gasteiger partial charge < -0.3 is 13.3 Å². The lowest BCUT2D eigenvalue weighted by molar-refractivity contribution is 0.536. The van der Waals surface area contributed by atoms with Crippen LogP contribution in [-0.2, 0) is 12.8 Å². The van der Waals surface area contributed by atoms with E-state index in [0.717, 1.165) is 30.1 Å². The second-order valence-corrected chi connectivity index (χ2v) is 26.9. The number of benzene rings is 3. The van der Waals surface area contributed by atoms with E-state index < -0.39 is 25.0 Å². The van der Waals surface area contributed by atoms with E-state index in [4.69, 9.17) is 13.3 Å². The zero-order valence-corrected chi connectivity index (χ0v) is 28.8. The van der Waals surface area contributed by atoms with Crippen molar-refractivity contribution in [3.05, 3.63) is 87.5 Å². The number of hydrogen-bond donors (Lipinski definition) is 0. The fourth-order valence-electron chi connectivity index (χ4n) is 4.59. The number of aryl methyl sites for hydroxylation is 3. The Kier molecular flexibility index (Phi) is 9.11. The van der Waals surface area contributed by atoms with Crippen LogP contribution in [0.3, 0.4) is 0 Å². The van der Waals surface area contributed by atoms with Gasteiger partial charge in [0, 0.05) is 12.8 Å². The third-order valence-corrected chi connectivity index (χ3v) is 8.30. The summed E-state index contributed by atoms with van der Waals surface area (Å²) in [5, 5.41) is 0. The van der Waals surface area contributed by atoms with Crippen LogP contribution >= 0.6 is 0 Å². The Labute approximate surface area is 235 Å². The van der Waals surface area contributed by atoms with Crippen LogP contribution in [0.2, 0.25) is 58.9 Å². The van der Waals surface area contributed by atoms with E-state index in [0.29, 0.717) is 0 Å². The first kappa shape index (κ1) is 30.3. The quantitative estimate of drug-likeness (QED) is 0.230. The molecule has 0 fully saturated rings. The molecule has 3 aromatic rings. The molecule has 0 saturated carbocycles. The number of hydrogen-bond acceptors (Lipinski definition) is 3. The molecule has 0 N–H and O–H groups in total. The molecule has 0 radical (unpaired) electrons. The van der Waals surface area contributed by atoms with Gasteiger partial charge in [-0.05, 0) is 114 Å². The molecule has 3 nitrogen and oxygen atoms in total. The van der Waals surface area contributed by atoms with Gasteiger partial charge in [0.15, 0.2) is 0 Å². The van der Waals surface area contributed by atoms with E-state index in [2.05, 4.69) is 128 Å². The van der Waals surface area contributed by atoms with Crippen LogP contribution in [0.4, 0.5) is 0 Å². The van der Waals surface area contributed by atoms with Crippen LogP contribution in [0.25, 0.3) is 0 Å². The molecule has 0 heterocycles. The van der Waals surface area contributed by atoms with Crippen LogP contribution in [0, 0.1) is 20.8 Å². The average molecular weight is 565 g/mol. The van der Waals surface area contributed by atoms with Gasteiger partial charge in [0.1, 0.15) is 17.2 Å². The van der Waals surface area contributed by atoms with Crippen LogP contribution in [0.1, 0.15) is 38.9 Å². The summed E-state index contributed by atoms with van der Waals surface area (Å²) in [6, 6.07) is 17.7. The summed E-state index contributed by atoms with van der Waals surface area (Å²) in [6.07, 6.45) is 1.56. The second kappa shape index (κ2) is 11.4. The summed E-state index contributed by atoms with van der Waals surface area (Å²) in [5.41, 5.74) is 8.65. The minimum atomic E-state index is -1.89. The average Bonchev–Trinajstić information content (AvgIpc) is 2.72. The highest BCUT2D eigenvalue weighted by molar-refractivity contribution is 6.71. The van der Waals surface area contributed by atoms with Crippen molar-refractivity contribution in [3.8, 4) is 17.2 Å². The maximum absolute atomic E-state index is 6.88. The predicted molar refractivity (Wildman–Crippen MR) is 171 cm³/mol. The SMILES string of the molecule is Cc1ccc(O[Si](C)(C)C)c(Cc2cc(C)cc(Cc3cc(C)ccc3O[Si](C)(C)C)c2O[Si](C)(C)C)c1. The summed E-state index contributed by atoms with van der Waals surface area (Å²) in [4.78, 5) is 0. The first-order chi connectivity index (χ1) is 17.4. The van der Waals surface area contributed by atoms with E-state index in [9.17, 15) is 0 Å². The van der Waals surface area contributed by atoms with E-state index in [-0.39, 0.29) is 0 Å². The minimum Gasteiger partial charge on any atom is -0.544 e. The molecular formula is C32H48O3Si3. The summed E-state index contributed by atoms with van der Waals surface area (Å²) in [6.45, 7) is 26.7. The van der Waals surface area contributed by atoms with Crippen LogP contribution in [0.5, 0.6) is 17.2 Å². The lowest BCUT2D eigenvalue weighted by atomic mass is 9.94. The van der Waals surface area contributed by atoms with Gasteiger partial charge in [-0.2, -0.15) is 0 Å². The molecule has 206 valence electrons. The first-order valence-corrected chi connectivity index (χ1v) is 24.0. The van der Waals surface area contributed by atoms with Crippen LogP contribution in [-0.4, -0.2) is 25.0 Å². The fraction of sp³-hybridized carbons (Fsp3) is 0.438. The van der Waals surface area contributed by atoms with Gasteiger partial charge in [0.25, 0.3) is 0 Å². The molecule has 0 aromatic heterocycles. The lowest BCUT2D eigenvalue weighted by Crippen LogP contribution is -2.31. The highest BCUT2D eigenvalue weighted by Crippen LogP contribution is 2.36. The highest BCUT2D eigenvalue weighted by Gasteiger charge is 2.25. The smallest absolute Gasteiger partial charge is 0.242 e. The summed E-state index contributed by atoms with van der Waals surface area (Å²) in [7, 11) is -5.40. The summed E-state index contributed by atoms with van der Waals surface area (Å²) < 4.78 is 19.9. The van der Waals surface area contributed by atoms with Crippen molar-refractivity contribution < 1.29 is 13.3 Å². The number of rotatable bonds is 10. The molecule has 0 amide bonds. The Balaban J connectivity index is 2.15. The zero-order chi connectivity index (χ0) is 28.5. The van der Waals surface area contributed by atoms with Crippen molar-refractivity contribution in [1.29, 1.82) is 0 Å². The monoisotopic (exact) mass is 564 g/mol. The van der Waals surface area contributed by atoms with E-state index in [1.54, 1.807) is 0 Å². The van der Waals surface area contributed by atoms with E-state index >= 15 is 0 Å². The Morgan fingerprint density at radius 3 is 1.13 bits per heavy atom. The molecule has 0 unspecified atom stereocenters. The second-order valence-electron chi connectivity index (χ2n) is 13.6. The highest BCUT2D eigenvalue weighted by atomic mass is 28.4. The molecule has 3 rings (SSSR count). The van der Waals surface area contributed by atoms with Gasteiger partial charge in [-0.25, -0.2) is 0 Å². The molecule has 38 heavy (non-hydrogen) atoms. The van der Waals surface area contributed by atoms with Crippen molar-refractivity contribution in [2.75, 3.05) is 0 Å². The van der Waals surface area contributed by atoms with Crippen LogP contribution < -0.4 is 13.3 Å². The molecule has 0 aliphatic rings.